The van der Waals surface area contributed by atoms with Gasteiger partial charge >= 0.3 is 18.0 Å². The van der Waals surface area contributed by atoms with E-state index in [1.54, 1.807) is 0 Å². The minimum atomic E-state index is -4.49. The van der Waals surface area contributed by atoms with Gasteiger partial charge in [-0.1, -0.05) is 11.6 Å². The number of carboxylic acids is 1. The van der Waals surface area contributed by atoms with Gasteiger partial charge in [0.1, 0.15) is 6.54 Å². The highest BCUT2D eigenvalue weighted by molar-refractivity contribution is 6.33. The number of amides is 1. The summed E-state index contributed by atoms with van der Waals surface area (Å²) in [5, 5.41) is 8.07. The molecule has 5 nitrogen and oxygen atoms in total. The molecule has 1 aliphatic heterocycles. The molecule has 2 aromatic rings. The number of rotatable bonds is 3. The van der Waals surface area contributed by atoms with Gasteiger partial charge in [0, 0.05) is 11.6 Å². The molecule has 0 spiro atoms. The fraction of sp³-hybridized carbons (Fsp3) is 0.125. The molecule has 1 aliphatic rings. The van der Waals surface area contributed by atoms with Crippen LogP contribution in [0.15, 0.2) is 12.1 Å². The number of fused-ring (bicyclic) bond motifs is 1. The van der Waals surface area contributed by atoms with Crippen molar-refractivity contribution in [2.45, 2.75) is 6.11 Å². The Morgan fingerprint density at radius 1 is 1.03 bits per heavy atom. The van der Waals surface area contributed by atoms with Gasteiger partial charge in [-0.05, 0) is 6.07 Å². The molecule has 0 radical (unpaired) electrons. The molecular formula is C16H5ClF7NO4. The number of carbonyl (C=O) groups excluding carboxylic acids is 1. The molecule has 0 fully saturated rings. The van der Waals surface area contributed by atoms with Gasteiger partial charge in [-0.2, -0.15) is 8.78 Å². The van der Waals surface area contributed by atoms with Crippen LogP contribution in [0.25, 0.3) is 11.1 Å². The molecule has 0 atom stereocenters. The smallest absolute Gasteiger partial charge is 0.480 e. The summed E-state index contributed by atoms with van der Waals surface area (Å²) in [7, 11) is 0. The third-order valence-electron chi connectivity index (χ3n) is 3.84. The van der Waals surface area contributed by atoms with Crippen molar-refractivity contribution in [2.24, 2.45) is 0 Å². The Balaban J connectivity index is 2.31. The van der Waals surface area contributed by atoms with Crippen molar-refractivity contribution in [2.75, 3.05) is 11.4 Å². The Morgan fingerprint density at radius 2 is 1.55 bits per heavy atom. The van der Waals surface area contributed by atoms with Crippen LogP contribution >= 0.6 is 11.6 Å². The number of halogens is 8. The zero-order valence-electron chi connectivity index (χ0n) is 13.5. The highest BCUT2D eigenvalue weighted by Crippen LogP contribution is 2.46. The third-order valence-corrected chi connectivity index (χ3v) is 4.16. The second-order valence-corrected chi connectivity index (χ2v) is 6.06. The molecule has 154 valence electrons. The molecular weight excluding hydrogens is 439 g/mol. The number of nitrogens with zero attached hydrogens (tertiary/aromatic N) is 1. The first kappa shape index (κ1) is 20.7. The first-order chi connectivity index (χ1) is 13.4. The van der Waals surface area contributed by atoms with E-state index in [2.05, 4.69) is 4.74 Å². The Labute approximate surface area is 160 Å². The van der Waals surface area contributed by atoms with Gasteiger partial charge in [-0.3, -0.25) is 14.5 Å². The Morgan fingerprint density at radius 3 is 2.07 bits per heavy atom. The molecule has 0 aromatic heterocycles. The van der Waals surface area contributed by atoms with Crippen LogP contribution in [-0.2, 0) is 9.59 Å². The minimum absolute atomic E-state index is 0.00699. The van der Waals surface area contributed by atoms with Gasteiger partial charge in [0.15, 0.2) is 29.0 Å². The van der Waals surface area contributed by atoms with Crippen molar-refractivity contribution in [3.8, 4) is 16.9 Å². The van der Waals surface area contributed by atoms with Crippen LogP contribution in [0, 0.1) is 29.1 Å². The van der Waals surface area contributed by atoms with Crippen molar-refractivity contribution >= 4 is 29.2 Å². The van der Waals surface area contributed by atoms with E-state index >= 15 is 0 Å². The Kier molecular flexibility index (Phi) is 4.85. The molecule has 29 heavy (non-hydrogen) atoms. The maximum atomic E-state index is 14.1. The first-order valence-corrected chi connectivity index (χ1v) is 7.70. The number of hydrogen-bond acceptors (Lipinski definition) is 3. The van der Waals surface area contributed by atoms with E-state index in [9.17, 15) is 40.3 Å². The summed E-state index contributed by atoms with van der Waals surface area (Å²) in [5.41, 5.74) is -3.11. The monoisotopic (exact) mass is 443 g/mol. The second kappa shape index (κ2) is 6.79. The quantitative estimate of drug-likeness (QED) is 0.440. The number of anilines is 1. The lowest BCUT2D eigenvalue weighted by molar-refractivity contribution is -0.193. The van der Waals surface area contributed by atoms with Gasteiger partial charge in [0.2, 0.25) is 5.82 Å². The van der Waals surface area contributed by atoms with Gasteiger partial charge in [-0.15, -0.1) is 0 Å². The number of carboxylic acid groups (broad SMARTS) is 1. The normalized spacial score (nSPS) is 15.2. The molecule has 0 saturated heterocycles. The van der Waals surface area contributed by atoms with Crippen LogP contribution in [0.5, 0.6) is 5.75 Å². The van der Waals surface area contributed by atoms with E-state index in [0.717, 1.165) is 0 Å². The molecule has 13 heteroatoms. The maximum Gasteiger partial charge on any atom is 0.482 e. The van der Waals surface area contributed by atoms with Crippen LogP contribution in [0.2, 0.25) is 5.02 Å². The van der Waals surface area contributed by atoms with Crippen LogP contribution in [0.3, 0.4) is 0 Å². The average molecular weight is 444 g/mol. The van der Waals surface area contributed by atoms with Crippen molar-refractivity contribution < 1.29 is 50.2 Å². The maximum absolute atomic E-state index is 14.1. The Bertz CT molecular complexity index is 1050. The van der Waals surface area contributed by atoms with E-state index in [-0.39, 0.29) is 4.90 Å². The largest absolute Gasteiger partial charge is 0.482 e. The fourth-order valence-electron chi connectivity index (χ4n) is 2.61. The van der Waals surface area contributed by atoms with E-state index in [4.69, 9.17) is 16.7 Å². The number of alkyl halides is 2. The summed E-state index contributed by atoms with van der Waals surface area (Å²) in [5.74, 6) is -16.3. The summed E-state index contributed by atoms with van der Waals surface area (Å²) >= 11 is 5.75. The molecule has 2 aromatic carbocycles. The van der Waals surface area contributed by atoms with E-state index in [1.807, 2.05) is 0 Å². The highest BCUT2D eigenvalue weighted by Gasteiger charge is 2.51. The minimum Gasteiger partial charge on any atom is -0.480 e. The lowest BCUT2D eigenvalue weighted by Gasteiger charge is -2.33. The number of aliphatic carboxylic acids is 1. The molecule has 0 unspecified atom stereocenters. The Hall–Kier alpha value is -3.02. The lowest BCUT2D eigenvalue weighted by Crippen LogP contribution is -2.52. The predicted octanol–water partition coefficient (Wildman–Crippen LogP) is 4.11. The SMILES string of the molecule is O=C(O)CN1C(=O)C(F)(F)Oc2cc(Cl)c(-c3c(F)c(F)c(F)c(F)c3F)cc21. The second-order valence-electron chi connectivity index (χ2n) is 5.65. The van der Waals surface area contributed by atoms with Crippen molar-refractivity contribution in [3.63, 3.8) is 0 Å². The molecule has 0 aliphatic carbocycles. The van der Waals surface area contributed by atoms with Crippen LogP contribution in [0.1, 0.15) is 0 Å². The molecule has 1 amide bonds. The molecule has 0 bridgehead atoms. The number of hydrogen-bond donors (Lipinski definition) is 1. The highest BCUT2D eigenvalue weighted by atomic mass is 35.5. The fourth-order valence-corrected chi connectivity index (χ4v) is 2.86. The summed E-state index contributed by atoms with van der Waals surface area (Å²) in [6.45, 7) is -1.32. The molecule has 3 rings (SSSR count). The summed E-state index contributed by atoms with van der Waals surface area (Å²) in [4.78, 5) is 22.7. The van der Waals surface area contributed by atoms with Crippen molar-refractivity contribution in [3.05, 3.63) is 46.2 Å². The van der Waals surface area contributed by atoms with E-state index in [0.29, 0.717) is 12.1 Å². The van der Waals surface area contributed by atoms with Crippen LogP contribution < -0.4 is 9.64 Å². The van der Waals surface area contributed by atoms with Crippen LogP contribution in [-0.4, -0.2) is 29.6 Å². The lowest BCUT2D eigenvalue weighted by atomic mass is 10.0. The van der Waals surface area contributed by atoms with Crippen molar-refractivity contribution in [1.29, 1.82) is 0 Å². The molecule has 1 heterocycles. The van der Waals surface area contributed by atoms with Gasteiger partial charge in [-0.25, -0.2) is 22.0 Å². The van der Waals surface area contributed by atoms with Gasteiger partial charge < -0.3 is 9.84 Å². The topological polar surface area (TPSA) is 66.8 Å². The average Bonchev–Trinajstić information content (AvgIpc) is 2.63. The van der Waals surface area contributed by atoms with Gasteiger partial charge in [0.25, 0.3) is 0 Å². The summed E-state index contributed by atoms with van der Waals surface area (Å²) < 4.78 is 100.0. The zero-order chi connectivity index (χ0) is 21.8. The summed E-state index contributed by atoms with van der Waals surface area (Å²) in [6, 6.07) is 1.03. The number of carbonyl (C=O) groups is 2. The van der Waals surface area contributed by atoms with Crippen molar-refractivity contribution in [1.82, 2.24) is 0 Å². The standard InChI is InChI=1S/C16H5ClF7NO4/c17-5-2-7-6(25(3-8(26)27)15(28)16(23,24)29-7)1-4(5)9-10(18)12(20)14(22)13(21)11(9)19/h1-2H,3H2,(H,26,27). The van der Waals surface area contributed by atoms with E-state index in [1.165, 1.54) is 0 Å². The number of ether oxygens (including phenoxy) is 1. The van der Waals surface area contributed by atoms with Crippen LogP contribution in [0.4, 0.5) is 36.4 Å². The number of benzene rings is 2. The zero-order valence-corrected chi connectivity index (χ0v) is 14.3. The molecule has 1 N–H and O–H groups in total. The third kappa shape index (κ3) is 3.22. The first-order valence-electron chi connectivity index (χ1n) is 7.32. The summed E-state index contributed by atoms with van der Waals surface area (Å²) in [6.07, 6.45) is -4.49. The predicted molar refractivity (Wildman–Crippen MR) is 82.2 cm³/mol. The van der Waals surface area contributed by atoms with E-state index < -0.39 is 81.2 Å². The molecule has 0 saturated carbocycles. The van der Waals surface area contributed by atoms with Gasteiger partial charge in [0.05, 0.1) is 16.3 Å².